The Balaban J connectivity index is 1.85. The van der Waals surface area contributed by atoms with Crippen LogP contribution in [0.1, 0.15) is 15.9 Å². The van der Waals surface area contributed by atoms with Crippen LogP contribution in [-0.4, -0.2) is 39.7 Å². The van der Waals surface area contributed by atoms with Crippen LogP contribution >= 0.6 is 0 Å². The van der Waals surface area contributed by atoms with Gasteiger partial charge >= 0.3 is 0 Å². The molecule has 7 nitrogen and oxygen atoms in total. The Morgan fingerprint density at radius 1 is 0.808 bits per heavy atom. The second-order valence-electron chi connectivity index (χ2n) is 5.41. The molecule has 0 aliphatic heterocycles. The van der Waals surface area contributed by atoms with Crippen molar-refractivity contribution in [2.75, 3.05) is 27.9 Å². The van der Waals surface area contributed by atoms with Gasteiger partial charge in [-0.1, -0.05) is 12.1 Å². The van der Waals surface area contributed by atoms with E-state index < -0.39 is 0 Å². The van der Waals surface area contributed by atoms with E-state index in [1.54, 1.807) is 25.3 Å². The van der Waals surface area contributed by atoms with Crippen molar-refractivity contribution in [1.29, 1.82) is 0 Å². The maximum atomic E-state index is 12.2. The summed E-state index contributed by atoms with van der Waals surface area (Å²) in [4.78, 5) is 24.1. The zero-order valence-corrected chi connectivity index (χ0v) is 15.0. The Bertz CT molecular complexity index is 737. The molecule has 138 valence electrons. The van der Waals surface area contributed by atoms with E-state index in [1.807, 2.05) is 24.3 Å². The summed E-state index contributed by atoms with van der Waals surface area (Å²) in [6, 6.07) is 12.2. The lowest BCUT2D eigenvalue weighted by atomic mass is 10.2. The van der Waals surface area contributed by atoms with Gasteiger partial charge in [-0.3, -0.25) is 9.59 Å². The largest absolute Gasteiger partial charge is 0.497 e. The van der Waals surface area contributed by atoms with Gasteiger partial charge in [-0.2, -0.15) is 0 Å². The van der Waals surface area contributed by atoms with Gasteiger partial charge in [0, 0.05) is 18.2 Å². The Morgan fingerprint density at radius 2 is 1.38 bits per heavy atom. The van der Waals surface area contributed by atoms with Gasteiger partial charge in [0.15, 0.2) is 0 Å². The van der Waals surface area contributed by atoms with Gasteiger partial charge in [-0.15, -0.1) is 0 Å². The van der Waals surface area contributed by atoms with E-state index in [2.05, 4.69) is 10.6 Å². The highest BCUT2D eigenvalue weighted by Crippen LogP contribution is 2.22. The summed E-state index contributed by atoms with van der Waals surface area (Å²) in [7, 11) is 4.60. The van der Waals surface area contributed by atoms with Crippen molar-refractivity contribution < 1.29 is 23.8 Å². The number of ether oxygens (including phenoxy) is 3. The molecule has 0 radical (unpaired) electrons. The number of carbonyl (C=O) groups excluding carboxylic acids is 2. The van der Waals surface area contributed by atoms with E-state index in [-0.39, 0.29) is 18.4 Å². The summed E-state index contributed by atoms with van der Waals surface area (Å²) < 4.78 is 15.3. The zero-order valence-electron chi connectivity index (χ0n) is 15.0. The third-order valence-corrected chi connectivity index (χ3v) is 3.67. The summed E-state index contributed by atoms with van der Waals surface area (Å²) in [5, 5.41) is 5.32. The third-order valence-electron chi connectivity index (χ3n) is 3.67. The van der Waals surface area contributed by atoms with Crippen LogP contribution < -0.4 is 24.8 Å². The molecule has 0 unspecified atom stereocenters. The zero-order chi connectivity index (χ0) is 18.9. The van der Waals surface area contributed by atoms with Crippen LogP contribution in [0.25, 0.3) is 0 Å². The highest BCUT2D eigenvalue weighted by molar-refractivity contribution is 5.97. The van der Waals surface area contributed by atoms with Gasteiger partial charge in [0.2, 0.25) is 5.91 Å². The molecule has 0 saturated carbocycles. The Kier molecular flexibility index (Phi) is 6.84. The van der Waals surface area contributed by atoms with Crippen molar-refractivity contribution in [3.05, 3.63) is 53.6 Å². The first-order valence-electron chi connectivity index (χ1n) is 7.96. The standard InChI is InChI=1S/C19H22N2O5/c1-24-15-6-4-13(5-7-15)11-20-18(22)12-21-19(23)14-8-16(25-2)10-17(9-14)26-3/h4-10H,11-12H2,1-3H3,(H,20,22)(H,21,23). The van der Waals surface area contributed by atoms with Crippen LogP contribution in [0.4, 0.5) is 0 Å². The van der Waals surface area contributed by atoms with Gasteiger partial charge in [0.25, 0.3) is 5.91 Å². The van der Waals surface area contributed by atoms with E-state index in [0.29, 0.717) is 23.6 Å². The van der Waals surface area contributed by atoms with Gasteiger partial charge in [0.1, 0.15) is 17.2 Å². The van der Waals surface area contributed by atoms with Crippen LogP contribution in [-0.2, 0) is 11.3 Å². The lowest BCUT2D eigenvalue weighted by Gasteiger charge is -2.10. The molecule has 2 N–H and O–H groups in total. The summed E-state index contributed by atoms with van der Waals surface area (Å²) in [5.74, 6) is 1.07. The van der Waals surface area contributed by atoms with Gasteiger partial charge in [-0.25, -0.2) is 0 Å². The first kappa shape index (κ1) is 19.1. The van der Waals surface area contributed by atoms with Crippen LogP contribution in [0.5, 0.6) is 17.2 Å². The van der Waals surface area contributed by atoms with Crippen molar-refractivity contribution in [3.63, 3.8) is 0 Å². The second-order valence-corrected chi connectivity index (χ2v) is 5.41. The van der Waals surface area contributed by atoms with Crippen molar-refractivity contribution in [3.8, 4) is 17.2 Å². The molecule has 0 aliphatic carbocycles. The highest BCUT2D eigenvalue weighted by Gasteiger charge is 2.11. The molecule has 2 aromatic carbocycles. The maximum absolute atomic E-state index is 12.2. The van der Waals surface area contributed by atoms with E-state index >= 15 is 0 Å². The molecule has 26 heavy (non-hydrogen) atoms. The summed E-state index contributed by atoms with van der Waals surface area (Å²) >= 11 is 0. The van der Waals surface area contributed by atoms with Crippen molar-refractivity contribution >= 4 is 11.8 Å². The molecule has 0 aliphatic rings. The predicted octanol–water partition coefficient (Wildman–Crippen LogP) is 1.76. The van der Waals surface area contributed by atoms with E-state index in [4.69, 9.17) is 14.2 Å². The fourth-order valence-corrected chi connectivity index (χ4v) is 2.21. The lowest BCUT2D eigenvalue weighted by molar-refractivity contribution is -0.120. The quantitative estimate of drug-likeness (QED) is 0.751. The molecule has 0 saturated heterocycles. The minimum atomic E-state index is -0.387. The summed E-state index contributed by atoms with van der Waals surface area (Å²) in [5.41, 5.74) is 1.28. The van der Waals surface area contributed by atoms with Crippen molar-refractivity contribution in [2.45, 2.75) is 6.54 Å². The third kappa shape index (κ3) is 5.41. The van der Waals surface area contributed by atoms with Crippen molar-refractivity contribution in [2.24, 2.45) is 0 Å². The molecular formula is C19H22N2O5. The molecule has 7 heteroatoms. The van der Waals surface area contributed by atoms with E-state index in [0.717, 1.165) is 11.3 Å². The Labute approximate surface area is 152 Å². The average molecular weight is 358 g/mol. The second kappa shape index (κ2) is 9.31. The van der Waals surface area contributed by atoms with E-state index in [9.17, 15) is 9.59 Å². The Morgan fingerprint density at radius 3 is 1.92 bits per heavy atom. The molecule has 2 amide bonds. The average Bonchev–Trinajstić information content (AvgIpc) is 2.70. The van der Waals surface area contributed by atoms with Gasteiger partial charge < -0.3 is 24.8 Å². The first-order valence-corrected chi connectivity index (χ1v) is 7.96. The number of nitrogens with one attached hydrogen (secondary N) is 2. The number of hydrogen-bond acceptors (Lipinski definition) is 5. The molecule has 0 aromatic heterocycles. The first-order chi connectivity index (χ1) is 12.5. The molecule has 2 rings (SSSR count). The number of methoxy groups -OCH3 is 3. The highest BCUT2D eigenvalue weighted by atomic mass is 16.5. The van der Waals surface area contributed by atoms with Crippen LogP contribution in [0, 0.1) is 0 Å². The molecule has 0 fully saturated rings. The predicted molar refractivity (Wildman–Crippen MR) is 96.7 cm³/mol. The van der Waals surface area contributed by atoms with Crippen molar-refractivity contribution in [1.82, 2.24) is 10.6 Å². The van der Waals surface area contributed by atoms with Gasteiger partial charge in [0.05, 0.1) is 27.9 Å². The summed E-state index contributed by atoms with van der Waals surface area (Å²) in [6.45, 7) is 0.236. The fourth-order valence-electron chi connectivity index (χ4n) is 2.21. The normalized spacial score (nSPS) is 9.96. The fraction of sp³-hybridized carbons (Fsp3) is 0.263. The number of amides is 2. The summed E-state index contributed by atoms with van der Waals surface area (Å²) in [6.07, 6.45) is 0. The maximum Gasteiger partial charge on any atom is 0.251 e. The number of rotatable bonds is 8. The van der Waals surface area contributed by atoms with Gasteiger partial charge in [-0.05, 0) is 29.8 Å². The minimum absolute atomic E-state index is 0.130. The number of benzene rings is 2. The molecule has 0 atom stereocenters. The SMILES string of the molecule is COc1ccc(CNC(=O)CNC(=O)c2cc(OC)cc(OC)c2)cc1. The number of carbonyl (C=O) groups is 2. The van der Waals surface area contributed by atoms with Crippen LogP contribution in [0.2, 0.25) is 0 Å². The molecular weight excluding hydrogens is 336 g/mol. The molecule has 0 spiro atoms. The molecule has 2 aromatic rings. The van der Waals surface area contributed by atoms with E-state index in [1.165, 1.54) is 14.2 Å². The Hall–Kier alpha value is -3.22. The smallest absolute Gasteiger partial charge is 0.251 e. The molecule has 0 heterocycles. The molecule has 0 bridgehead atoms. The lowest BCUT2D eigenvalue weighted by Crippen LogP contribution is -2.36. The van der Waals surface area contributed by atoms with Crippen LogP contribution in [0.15, 0.2) is 42.5 Å². The minimum Gasteiger partial charge on any atom is -0.497 e. The number of hydrogen-bond donors (Lipinski definition) is 2. The monoisotopic (exact) mass is 358 g/mol. The topological polar surface area (TPSA) is 85.9 Å². The van der Waals surface area contributed by atoms with Crippen LogP contribution in [0.3, 0.4) is 0 Å².